The van der Waals surface area contributed by atoms with Crippen LogP contribution < -0.4 is 11.1 Å². The zero-order valence-corrected chi connectivity index (χ0v) is 10.2. The first-order valence-corrected chi connectivity index (χ1v) is 5.96. The Labute approximate surface area is 92.8 Å². The Bertz CT molecular complexity index is 226. The van der Waals surface area contributed by atoms with Crippen molar-refractivity contribution in [2.45, 2.75) is 65.0 Å². The Morgan fingerprint density at radius 3 is 2.67 bits per heavy atom. The van der Waals surface area contributed by atoms with E-state index >= 15 is 0 Å². The Morgan fingerprint density at radius 2 is 2.07 bits per heavy atom. The number of nitrogens with one attached hydrogen (secondary N) is 1. The molecule has 2 unspecified atom stereocenters. The number of carbonyl (C=O) groups excluding carboxylic acids is 1. The van der Waals surface area contributed by atoms with Gasteiger partial charge >= 0.3 is 0 Å². The Morgan fingerprint density at radius 1 is 1.40 bits per heavy atom. The highest BCUT2D eigenvalue weighted by Crippen LogP contribution is 2.33. The minimum Gasteiger partial charge on any atom is -0.368 e. The first-order valence-electron chi connectivity index (χ1n) is 5.96. The first-order chi connectivity index (χ1) is 6.91. The molecule has 3 nitrogen and oxygen atoms in total. The largest absolute Gasteiger partial charge is 0.368 e. The summed E-state index contributed by atoms with van der Waals surface area (Å²) in [7, 11) is 0. The van der Waals surface area contributed by atoms with Crippen LogP contribution in [0, 0.1) is 5.41 Å². The number of hydrogen-bond acceptors (Lipinski definition) is 2. The second kappa shape index (κ2) is 4.97. The molecule has 0 aromatic rings. The second-order valence-electron chi connectivity index (χ2n) is 5.58. The third kappa shape index (κ3) is 4.20. The average molecular weight is 212 g/mol. The summed E-state index contributed by atoms with van der Waals surface area (Å²) in [6.07, 6.45) is 6.09. The summed E-state index contributed by atoms with van der Waals surface area (Å²) in [6.45, 7) is 6.50. The van der Waals surface area contributed by atoms with Crippen LogP contribution in [0.5, 0.6) is 0 Å². The third-order valence-electron chi connectivity index (χ3n) is 3.49. The van der Waals surface area contributed by atoms with Crippen LogP contribution in [0.1, 0.15) is 52.9 Å². The predicted octanol–water partition coefficient (Wildman–Crippen LogP) is 1.81. The van der Waals surface area contributed by atoms with E-state index < -0.39 is 0 Å². The van der Waals surface area contributed by atoms with Gasteiger partial charge in [0.1, 0.15) is 0 Å². The van der Waals surface area contributed by atoms with Crippen LogP contribution >= 0.6 is 0 Å². The van der Waals surface area contributed by atoms with Crippen molar-refractivity contribution in [2.24, 2.45) is 11.1 Å². The lowest BCUT2D eigenvalue weighted by Gasteiger charge is -2.23. The van der Waals surface area contributed by atoms with E-state index in [0.717, 1.165) is 6.42 Å². The van der Waals surface area contributed by atoms with E-state index in [4.69, 9.17) is 5.73 Å². The normalized spacial score (nSPS) is 28.1. The van der Waals surface area contributed by atoms with Crippen molar-refractivity contribution in [1.29, 1.82) is 0 Å². The summed E-state index contributed by atoms with van der Waals surface area (Å²) in [4.78, 5) is 10.9. The molecule has 1 rings (SSSR count). The number of rotatable bonds is 3. The molecule has 15 heavy (non-hydrogen) atoms. The van der Waals surface area contributed by atoms with Crippen LogP contribution in [0.3, 0.4) is 0 Å². The highest BCUT2D eigenvalue weighted by atomic mass is 16.1. The van der Waals surface area contributed by atoms with Crippen molar-refractivity contribution in [1.82, 2.24) is 5.32 Å². The molecule has 0 heterocycles. The second-order valence-corrected chi connectivity index (χ2v) is 5.58. The molecule has 0 radical (unpaired) electrons. The number of amides is 1. The van der Waals surface area contributed by atoms with Gasteiger partial charge in [-0.15, -0.1) is 0 Å². The molecule has 0 bridgehead atoms. The van der Waals surface area contributed by atoms with E-state index in [9.17, 15) is 4.79 Å². The van der Waals surface area contributed by atoms with E-state index in [1.54, 1.807) is 0 Å². The molecular formula is C12H24N2O. The van der Waals surface area contributed by atoms with Gasteiger partial charge in [0.25, 0.3) is 0 Å². The first kappa shape index (κ1) is 12.5. The van der Waals surface area contributed by atoms with Crippen molar-refractivity contribution in [3.05, 3.63) is 0 Å². The number of carbonyl (C=O) groups is 1. The van der Waals surface area contributed by atoms with Gasteiger partial charge in [-0.2, -0.15) is 0 Å². The summed E-state index contributed by atoms with van der Waals surface area (Å²) < 4.78 is 0. The minimum atomic E-state index is -0.251. The van der Waals surface area contributed by atoms with Gasteiger partial charge in [0.2, 0.25) is 5.91 Å². The standard InChI is InChI=1S/C12H24N2O/c1-9(11(13)15)14-10-5-4-7-12(2,3)8-6-10/h9-10,14H,4-8H2,1-3H3,(H2,13,15). The fraction of sp³-hybridized carbons (Fsp3) is 0.917. The highest BCUT2D eigenvalue weighted by Gasteiger charge is 2.25. The summed E-state index contributed by atoms with van der Waals surface area (Å²) in [5.74, 6) is -0.251. The van der Waals surface area contributed by atoms with E-state index in [2.05, 4.69) is 19.2 Å². The lowest BCUT2D eigenvalue weighted by molar-refractivity contribution is -0.119. The van der Waals surface area contributed by atoms with Crippen LogP contribution in [0.2, 0.25) is 0 Å². The topological polar surface area (TPSA) is 55.1 Å². The summed E-state index contributed by atoms with van der Waals surface area (Å²) in [5, 5.41) is 3.32. The van der Waals surface area contributed by atoms with Gasteiger partial charge in [-0.25, -0.2) is 0 Å². The number of primary amides is 1. The molecule has 1 amide bonds. The van der Waals surface area contributed by atoms with E-state index in [1.165, 1.54) is 25.7 Å². The van der Waals surface area contributed by atoms with Crippen molar-refractivity contribution < 1.29 is 4.79 Å². The number of nitrogens with two attached hydrogens (primary N) is 1. The lowest BCUT2D eigenvalue weighted by atomic mass is 9.85. The van der Waals surface area contributed by atoms with Crippen molar-refractivity contribution in [3.63, 3.8) is 0 Å². The van der Waals surface area contributed by atoms with Crippen LogP contribution in [0.25, 0.3) is 0 Å². The van der Waals surface area contributed by atoms with Gasteiger partial charge in [0.05, 0.1) is 6.04 Å². The molecule has 0 spiro atoms. The van der Waals surface area contributed by atoms with Crippen molar-refractivity contribution in [3.8, 4) is 0 Å². The van der Waals surface area contributed by atoms with Crippen molar-refractivity contribution in [2.75, 3.05) is 0 Å². The monoisotopic (exact) mass is 212 g/mol. The van der Waals surface area contributed by atoms with E-state index in [1.807, 2.05) is 6.92 Å². The maximum atomic E-state index is 10.9. The number of hydrogen-bond donors (Lipinski definition) is 2. The highest BCUT2D eigenvalue weighted by molar-refractivity contribution is 5.79. The predicted molar refractivity (Wildman–Crippen MR) is 62.4 cm³/mol. The van der Waals surface area contributed by atoms with Gasteiger partial charge in [-0.1, -0.05) is 20.3 Å². The molecule has 1 aliphatic carbocycles. The molecule has 0 aromatic heterocycles. The minimum absolute atomic E-state index is 0.198. The maximum Gasteiger partial charge on any atom is 0.234 e. The third-order valence-corrected chi connectivity index (χ3v) is 3.49. The maximum absolute atomic E-state index is 10.9. The molecule has 1 fully saturated rings. The molecule has 0 aliphatic heterocycles. The van der Waals surface area contributed by atoms with Crippen LogP contribution in [-0.4, -0.2) is 18.0 Å². The van der Waals surface area contributed by atoms with Gasteiger partial charge in [0.15, 0.2) is 0 Å². The van der Waals surface area contributed by atoms with Crippen LogP contribution in [0.15, 0.2) is 0 Å². The smallest absolute Gasteiger partial charge is 0.234 e. The Kier molecular flexibility index (Phi) is 4.14. The molecule has 3 N–H and O–H groups in total. The Hall–Kier alpha value is -0.570. The van der Waals surface area contributed by atoms with Gasteiger partial charge < -0.3 is 11.1 Å². The Balaban J connectivity index is 2.41. The molecule has 0 saturated heterocycles. The van der Waals surface area contributed by atoms with E-state index in [-0.39, 0.29) is 11.9 Å². The van der Waals surface area contributed by atoms with Gasteiger partial charge in [-0.3, -0.25) is 4.79 Å². The quantitative estimate of drug-likeness (QED) is 0.701. The fourth-order valence-corrected chi connectivity index (χ4v) is 2.26. The zero-order chi connectivity index (χ0) is 11.5. The average Bonchev–Trinajstić information content (AvgIpc) is 2.28. The lowest BCUT2D eigenvalue weighted by Crippen LogP contribution is -2.44. The van der Waals surface area contributed by atoms with Crippen LogP contribution in [-0.2, 0) is 4.79 Å². The van der Waals surface area contributed by atoms with E-state index in [0.29, 0.717) is 11.5 Å². The molecule has 1 aliphatic rings. The SMILES string of the molecule is CC(NC1CCCC(C)(C)CC1)C(N)=O. The summed E-state index contributed by atoms with van der Waals surface area (Å²) in [5.41, 5.74) is 5.71. The van der Waals surface area contributed by atoms with Gasteiger partial charge in [-0.05, 0) is 38.0 Å². The molecule has 1 saturated carbocycles. The molecule has 0 aromatic carbocycles. The molecule has 3 heteroatoms. The van der Waals surface area contributed by atoms with Crippen LogP contribution in [0.4, 0.5) is 0 Å². The molecule has 2 atom stereocenters. The van der Waals surface area contributed by atoms with Crippen molar-refractivity contribution >= 4 is 5.91 Å². The summed E-state index contributed by atoms with van der Waals surface area (Å²) >= 11 is 0. The van der Waals surface area contributed by atoms with Gasteiger partial charge in [0, 0.05) is 6.04 Å². The summed E-state index contributed by atoms with van der Waals surface area (Å²) in [6, 6.07) is 0.269. The fourth-order valence-electron chi connectivity index (χ4n) is 2.26. The zero-order valence-electron chi connectivity index (χ0n) is 10.2. The molecular weight excluding hydrogens is 188 g/mol. The molecule has 88 valence electrons.